The van der Waals surface area contributed by atoms with Gasteiger partial charge in [-0.05, 0) is 53.9 Å². The number of benzene rings is 1. The minimum absolute atomic E-state index is 0.0615. The number of ether oxygens (including phenoxy) is 1. The van der Waals surface area contributed by atoms with E-state index < -0.39 is 0 Å². The maximum atomic E-state index is 10.9. The van der Waals surface area contributed by atoms with Gasteiger partial charge in [-0.15, -0.1) is 0 Å². The zero-order valence-electron chi connectivity index (χ0n) is 9.84. The molecule has 2 nitrogen and oxygen atoms in total. The molecule has 0 atom stereocenters. The van der Waals surface area contributed by atoms with Crippen LogP contribution in [0.4, 0.5) is 0 Å². The van der Waals surface area contributed by atoms with Gasteiger partial charge in [-0.25, -0.2) is 0 Å². The monoisotopic (exact) mass is 246 g/mol. The molecule has 0 fully saturated rings. The standard InChI is InChI=1S/C14H14O2S/c1-10(2)16-14-7-11(3-4-12(14)8-15)13-5-6-17-9-13/h3-10H,1-2H3. The Morgan fingerprint density at radius 2 is 2.06 bits per heavy atom. The molecule has 0 aliphatic heterocycles. The van der Waals surface area contributed by atoms with Gasteiger partial charge in [0.05, 0.1) is 11.7 Å². The van der Waals surface area contributed by atoms with Gasteiger partial charge < -0.3 is 4.74 Å². The van der Waals surface area contributed by atoms with Crippen molar-refractivity contribution in [3.63, 3.8) is 0 Å². The van der Waals surface area contributed by atoms with Crippen LogP contribution in [0.25, 0.3) is 11.1 Å². The van der Waals surface area contributed by atoms with E-state index in [4.69, 9.17) is 4.74 Å². The molecule has 0 N–H and O–H groups in total. The number of hydrogen-bond donors (Lipinski definition) is 0. The molecule has 0 unspecified atom stereocenters. The van der Waals surface area contributed by atoms with Crippen molar-refractivity contribution in [2.24, 2.45) is 0 Å². The second-order valence-corrected chi connectivity index (χ2v) is 4.83. The van der Waals surface area contributed by atoms with E-state index in [2.05, 4.69) is 11.4 Å². The largest absolute Gasteiger partial charge is 0.490 e. The van der Waals surface area contributed by atoms with Gasteiger partial charge in [-0.2, -0.15) is 11.3 Å². The first-order chi connectivity index (χ1) is 8.20. The third-order valence-electron chi connectivity index (χ3n) is 2.36. The second-order valence-electron chi connectivity index (χ2n) is 4.05. The Kier molecular flexibility index (Phi) is 3.59. The molecule has 0 radical (unpaired) electrons. The number of hydrogen-bond acceptors (Lipinski definition) is 3. The lowest BCUT2D eigenvalue weighted by Gasteiger charge is -2.12. The number of thiophene rings is 1. The van der Waals surface area contributed by atoms with Gasteiger partial charge in [0.1, 0.15) is 5.75 Å². The van der Waals surface area contributed by atoms with E-state index in [1.165, 1.54) is 0 Å². The van der Waals surface area contributed by atoms with Gasteiger partial charge in [0.15, 0.2) is 6.29 Å². The predicted molar refractivity (Wildman–Crippen MR) is 70.9 cm³/mol. The number of carbonyl (C=O) groups excluding carboxylic acids is 1. The van der Waals surface area contributed by atoms with Crippen molar-refractivity contribution in [3.8, 4) is 16.9 Å². The summed E-state index contributed by atoms with van der Waals surface area (Å²) >= 11 is 1.65. The molecular formula is C14H14O2S. The van der Waals surface area contributed by atoms with E-state index >= 15 is 0 Å². The Morgan fingerprint density at radius 1 is 1.24 bits per heavy atom. The molecule has 0 aliphatic rings. The molecule has 1 aromatic carbocycles. The Bertz CT molecular complexity index is 501. The summed E-state index contributed by atoms with van der Waals surface area (Å²) in [7, 11) is 0. The average molecular weight is 246 g/mol. The molecular weight excluding hydrogens is 232 g/mol. The Balaban J connectivity index is 2.41. The number of rotatable bonds is 4. The molecule has 0 amide bonds. The molecule has 88 valence electrons. The second kappa shape index (κ2) is 5.15. The van der Waals surface area contributed by atoms with E-state index in [0.29, 0.717) is 11.3 Å². The zero-order chi connectivity index (χ0) is 12.3. The molecule has 1 heterocycles. The van der Waals surface area contributed by atoms with Crippen LogP contribution in [0.3, 0.4) is 0 Å². The van der Waals surface area contributed by atoms with Crippen LogP contribution in [-0.2, 0) is 0 Å². The van der Waals surface area contributed by atoms with Crippen molar-refractivity contribution in [2.75, 3.05) is 0 Å². The van der Waals surface area contributed by atoms with Crippen LogP contribution < -0.4 is 4.74 Å². The molecule has 0 saturated carbocycles. The maximum Gasteiger partial charge on any atom is 0.153 e. The average Bonchev–Trinajstić information content (AvgIpc) is 2.81. The lowest BCUT2D eigenvalue weighted by atomic mass is 10.1. The minimum atomic E-state index is 0.0615. The van der Waals surface area contributed by atoms with Crippen LogP contribution in [0.5, 0.6) is 5.75 Å². The molecule has 1 aromatic heterocycles. The highest BCUT2D eigenvalue weighted by Crippen LogP contribution is 2.28. The van der Waals surface area contributed by atoms with E-state index in [-0.39, 0.29) is 6.10 Å². The van der Waals surface area contributed by atoms with Crippen molar-refractivity contribution in [1.82, 2.24) is 0 Å². The lowest BCUT2D eigenvalue weighted by Crippen LogP contribution is -2.07. The highest BCUT2D eigenvalue weighted by Gasteiger charge is 2.07. The van der Waals surface area contributed by atoms with Gasteiger partial charge in [-0.1, -0.05) is 6.07 Å². The molecule has 2 aromatic rings. The predicted octanol–water partition coefficient (Wildman–Crippen LogP) is 4.01. The van der Waals surface area contributed by atoms with E-state index in [1.807, 2.05) is 31.4 Å². The molecule has 0 saturated heterocycles. The van der Waals surface area contributed by atoms with Gasteiger partial charge in [0.2, 0.25) is 0 Å². The highest BCUT2D eigenvalue weighted by molar-refractivity contribution is 7.08. The molecule has 3 heteroatoms. The van der Waals surface area contributed by atoms with Gasteiger partial charge >= 0.3 is 0 Å². The third kappa shape index (κ3) is 2.74. The van der Waals surface area contributed by atoms with Crippen LogP contribution in [-0.4, -0.2) is 12.4 Å². The Hall–Kier alpha value is -1.61. The smallest absolute Gasteiger partial charge is 0.153 e. The summed E-state index contributed by atoms with van der Waals surface area (Å²) in [5, 5.41) is 4.11. The quantitative estimate of drug-likeness (QED) is 0.762. The van der Waals surface area contributed by atoms with Crippen LogP contribution in [0.15, 0.2) is 35.0 Å². The molecule has 0 bridgehead atoms. The van der Waals surface area contributed by atoms with Crippen molar-refractivity contribution in [1.29, 1.82) is 0 Å². The Labute approximate surface area is 105 Å². The fraction of sp³-hybridized carbons (Fsp3) is 0.214. The summed E-state index contributed by atoms with van der Waals surface area (Å²) in [4.78, 5) is 10.9. The number of aldehydes is 1. The molecule has 0 spiro atoms. The maximum absolute atomic E-state index is 10.9. The molecule has 0 aliphatic carbocycles. The zero-order valence-corrected chi connectivity index (χ0v) is 10.7. The summed E-state index contributed by atoms with van der Waals surface area (Å²) < 4.78 is 5.65. The van der Waals surface area contributed by atoms with Crippen LogP contribution in [0.1, 0.15) is 24.2 Å². The fourth-order valence-electron chi connectivity index (χ4n) is 1.60. The highest BCUT2D eigenvalue weighted by atomic mass is 32.1. The lowest BCUT2D eigenvalue weighted by molar-refractivity contribution is 0.111. The van der Waals surface area contributed by atoms with Crippen molar-refractivity contribution in [2.45, 2.75) is 20.0 Å². The van der Waals surface area contributed by atoms with Crippen molar-refractivity contribution in [3.05, 3.63) is 40.6 Å². The Morgan fingerprint density at radius 3 is 2.65 bits per heavy atom. The van der Waals surface area contributed by atoms with Gasteiger partial charge in [-0.3, -0.25) is 4.79 Å². The van der Waals surface area contributed by atoms with Crippen LogP contribution in [0, 0.1) is 0 Å². The first-order valence-electron chi connectivity index (χ1n) is 5.49. The summed E-state index contributed by atoms with van der Waals surface area (Å²) in [5.74, 6) is 0.652. The summed E-state index contributed by atoms with van der Waals surface area (Å²) in [6, 6.07) is 7.72. The van der Waals surface area contributed by atoms with Gasteiger partial charge in [0, 0.05) is 0 Å². The normalized spacial score (nSPS) is 10.5. The first-order valence-corrected chi connectivity index (χ1v) is 6.43. The molecule has 2 rings (SSSR count). The summed E-state index contributed by atoms with van der Waals surface area (Å²) in [6.07, 6.45) is 0.890. The van der Waals surface area contributed by atoms with Crippen molar-refractivity contribution >= 4 is 17.6 Å². The van der Waals surface area contributed by atoms with E-state index in [1.54, 1.807) is 17.4 Å². The van der Waals surface area contributed by atoms with Crippen LogP contribution in [0.2, 0.25) is 0 Å². The fourth-order valence-corrected chi connectivity index (χ4v) is 2.26. The first kappa shape index (κ1) is 11.9. The van der Waals surface area contributed by atoms with Gasteiger partial charge in [0.25, 0.3) is 0 Å². The minimum Gasteiger partial charge on any atom is -0.490 e. The topological polar surface area (TPSA) is 26.3 Å². The van der Waals surface area contributed by atoms with E-state index in [9.17, 15) is 4.79 Å². The van der Waals surface area contributed by atoms with E-state index in [0.717, 1.165) is 17.4 Å². The molecule has 17 heavy (non-hydrogen) atoms. The van der Waals surface area contributed by atoms with Crippen LogP contribution >= 0.6 is 11.3 Å². The SMILES string of the molecule is CC(C)Oc1cc(-c2ccsc2)ccc1C=O. The number of carbonyl (C=O) groups is 1. The summed E-state index contributed by atoms with van der Waals surface area (Å²) in [6.45, 7) is 3.90. The third-order valence-corrected chi connectivity index (χ3v) is 3.04. The summed E-state index contributed by atoms with van der Waals surface area (Å²) in [5.41, 5.74) is 2.83. The van der Waals surface area contributed by atoms with Crippen molar-refractivity contribution < 1.29 is 9.53 Å².